The van der Waals surface area contributed by atoms with Gasteiger partial charge in [0.05, 0.1) is 6.54 Å². The van der Waals surface area contributed by atoms with Crippen LogP contribution in [0.15, 0.2) is 23.3 Å². The highest BCUT2D eigenvalue weighted by molar-refractivity contribution is 7.11. The van der Waals surface area contributed by atoms with E-state index in [-0.39, 0.29) is 18.2 Å². The van der Waals surface area contributed by atoms with E-state index in [1.54, 1.807) is 11.3 Å². The minimum Gasteiger partial charge on any atom is -0.357 e. The molecule has 0 aliphatic heterocycles. The van der Waals surface area contributed by atoms with Crippen molar-refractivity contribution in [2.24, 2.45) is 12.0 Å². The molecule has 2 rings (SSSR count). The number of hydrogen-bond acceptors (Lipinski definition) is 3. The number of aryl methyl sites for hydroxylation is 2. The van der Waals surface area contributed by atoms with E-state index in [9.17, 15) is 13.2 Å². The molecule has 1 unspecified atom stereocenters. The number of nitrogens with zero attached hydrogens (tertiary/aromatic N) is 3. The first-order chi connectivity index (χ1) is 12.2. The smallest absolute Gasteiger partial charge is 0.357 e. The normalized spacial score (nSPS) is 13.7. The van der Waals surface area contributed by atoms with Crippen LogP contribution < -0.4 is 10.6 Å². The van der Waals surface area contributed by atoms with Crippen molar-refractivity contribution in [1.29, 1.82) is 0 Å². The third kappa shape index (κ3) is 5.76. The molecule has 2 N–H and O–H groups in total. The Hall–Kier alpha value is -2.03. The molecule has 1 atom stereocenters. The van der Waals surface area contributed by atoms with Crippen molar-refractivity contribution in [2.45, 2.75) is 46.0 Å². The minimum absolute atomic E-state index is 0.0544. The van der Waals surface area contributed by atoms with Gasteiger partial charge in [-0.25, -0.2) is 4.99 Å². The van der Waals surface area contributed by atoms with Gasteiger partial charge in [0.2, 0.25) is 0 Å². The Kier molecular flexibility index (Phi) is 6.69. The molecule has 2 aromatic rings. The Labute approximate surface area is 155 Å². The standard InChI is InChI=1S/C17H24F3N5S/c1-5-21-16(23-11(2)8-14-7-6-12(3)26-14)22-9-13-10-25(4)24-15(13)17(18,19)20/h6-7,10-11H,5,8-9H2,1-4H3,(H2,21,22,23). The van der Waals surface area contributed by atoms with Gasteiger partial charge in [0.1, 0.15) is 0 Å². The quantitative estimate of drug-likeness (QED) is 0.589. The third-order valence-corrected chi connectivity index (χ3v) is 4.63. The van der Waals surface area contributed by atoms with Crippen molar-refractivity contribution >= 4 is 17.3 Å². The summed E-state index contributed by atoms with van der Waals surface area (Å²) < 4.78 is 40.3. The lowest BCUT2D eigenvalue weighted by Crippen LogP contribution is -2.43. The largest absolute Gasteiger partial charge is 0.435 e. The maximum absolute atomic E-state index is 13.0. The Morgan fingerprint density at radius 2 is 2.12 bits per heavy atom. The molecule has 9 heteroatoms. The average molecular weight is 387 g/mol. The number of aliphatic imine (C=N–C) groups is 1. The molecular weight excluding hydrogens is 363 g/mol. The Balaban J connectivity index is 2.07. The molecule has 0 aromatic carbocycles. The summed E-state index contributed by atoms with van der Waals surface area (Å²) in [7, 11) is 1.47. The summed E-state index contributed by atoms with van der Waals surface area (Å²) >= 11 is 1.74. The Bertz CT molecular complexity index is 748. The maximum Gasteiger partial charge on any atom is 0.435 e. The topological polar surface area (TPSA) is 54.2 Å². The van der Waals surface area contributed by atoms with Crippen molar-refractivity contribution in [3.8, 4) is 0 Å². The summed E-state index contributed by atoms with van der Waals surface area (Å²) in [5, 5.41) is 9.83. The zero-order valence-electron chi connectivity index (χ0n) is 15.3. The number of rotatable bonds is 6. The van der Waals surface area contributed by atoms with Crippen LogP contribution in [0.4, 0.5) is 13.2 Å². The number of alkyl halides is 3. The summed E-state index contributed by atoms with van der Waals surface area (Å²) in [6, 6.07) is 4.27. The predicted octanol–water partition coefficient (Wildman–Crippen LogP) is 3.50. The van der Waals surface area contributed by atoms with Crippen LogP contribution in [-0.4, -0.2) is 28.3 Å². The second kappa shape index (κ2) is 8.57. The molecule has 2 aromatic heterocycles. The molecule has 0 bridgehead atoms. The number of thiophene rings is 1. The summed E-state index contributed by atoms with van der Waals surface area (Å²) in [6.07, 6.45) is -2.31. The van der Waals surface area contributed by atoms with E-state index in [1.165, 1.54) is 23.0 Å². The van der Waals surface area contributed by atoms with E-state index in [0.29, 0.717) is 12.5 Å². The molecule has 0 spiro atoms. The van der Waals surface area contributed by atoms with Crippen LogP contribution in [-0.2, 0) is 26.2 Å². The van der Waals surface area contributed by atoms with Gasteiger partial charge < -0.3 is 10.6 Å². The monoisotopic (exact) mass is 387 g/mol. The maximum atomic E-state index is 13.0. The number of halogens is 3. The van der Waals surface area contributed by atoms with Crippen LogP contribution in [0, 0.1) is 6.92 Å². The first kappa shape index (κ1) is 20.3. The van der Waals surface area contributed by atoms with Gasteiger partial charge in [-0.15, -0.1) is 11.3 Å². The number of aromatic nitrogens is 2. The van der Waals surface area contributed by atoms with E-state index >= 15 is 0 Å². The van der Waals surface area contributed by atoms with Gasteiger partial charge in [0, 0.05) is 47.6 Å². The van der Waals surface area contributed by atoms with Crippen molar-refractivity contribution in [3.05, 3.63) is 39.3 Å². The highest BCUT2D eigenvalue weighted by atomic mass is 32.1. The van der Waals surface area contributed by atoms with Crippen molar-refractivity contribution in [1.82, 2.24) is 20.4 Å². The first-order valence-electron chi connectivity index (χ1n) is 8.39. The van der Waals surface area contributed by atoms with Gasteiger partial charge in [-0.2, -0.15) is 18.3 Å². The lowest BCUT2D eigenvalue weighted by Gasteiger charge is -2.17. The van der Waals surface area contributed by atoms with Crippen molar-refractivity contribution in [3.63, 3.8) is 0 Å². The SMILES string of the molecule is CCNC(=NCc1cn(C)nc1C(F)(F)F)NC(C)Cc1ccc(C)s1. The van der Waals surface area contributed by atoms with Gasteiger partial charge >= 0.3 is 6.18 Å². The number of hydrogen-bond donors (Lipinski definition) is 2. The highest BCUT2D eigenvalue weighted by Crippen LogP contribution is 2.30. The van der Waals surface area contributed by atoms with E-state index in [0.717, 1.165) is 11.1 Å². The fraction of sp³-hybridized carbons (Fsp3) is 0.529. The molecule has 2 heterocycles. The van der Waals surface area contributed by atoms with Crippen LogP contribution in [0.25, 0.3) is 0 Å². The molecule has 0 amide bonds. The molecule has 0 aliphatic rings. The van der Waals surface area contributed by atoms with E-state index in [2.05, 4.69) is 39.8 Å². The molecule has 144 valence electrons. The van der Waals surface area contributed by atoms with Crippen LogP contribution in [0.3, 0.4) is 0 Å². The summed E-state index contributed by atoms with van der Waals surface area (Å²) in [5.41, 5.74) is -0.833. The highest BCUT2D eigenvalue weighted by Gasteiger charge is 2.36. The Morgan fingerprint density at radius 1 is 1.38 bits per heavy atom. The second-order valence-corrected chi connectivity index (χ2v) is 7.50. The number of guanidine groups is 1. The van der Waals surface area contributed by atoms with Gasteiger partial charge in [0.15, 0.2) is 11.7 Å². The molecule has 0 aliphatic carbocycles. The summed E-state index contributed by atoms with van der Waals surface area (Å²) in [6.45, 7) is 6.52. The number of nitrogens with one attached hydrogen (secondary N) is 2. The summed E-state index contributed by atoms with van der Waals surface area (Å²) in [5.74, 6) is 0.491. The average Bonchev–Trinajstić information content (AvgIpc) is 3.10. The molecule has 5 nitrogen and oxygen atoms in total. The second-order valence-electron chi connectivity index (χ2n) is 6.13. The van der Waals surface area contributed by atoms with Crippen LogP contribution in [0.5, 0.6) is 0 Å². The van der Waals surface area contributed by atoms with Crippen molar-refractivity contribution < 1.29 is 13.2 Å². The van der Waals surface area contributed by atoms with Gasteiger partial charge in [-0.1, -0.05) is 0 Å². The van der Waals surface area contributed by atoms with Crippen LogP contribution in [0.2, 0.25) is 0 Å². The zero-order chi connectivity index (χ0) is 19.3. The van der Waals surface area contributed by atoms with E-state index in [4.69, 9.17) is 0 Å². The molecule has 0 saturated heterocycles. The van der Waals surface area contributed by atoms with E-state index < -0.39 is 11.9 Å². The molecule has 26 heavy (non-hydrogen) atoms. The lowest BCUT2D eigenvalue weighted by atomic mass is 10.2. The molecular formula is C17H24F3N5S. The van der Waals surface area contributed by atoms with Crippen LogP contribution in [0.1, 0.15) is 34.9 Å². The fourth-order valence-electron chi connectivity index (χ4n) is 2.56. The predicted molar refractivity (Wildman–Crippen MR) is 98.4 cm³/mol. The molecule has 0 radical (unpaired) electrons. The van der Waals surface area contributed by atoms with Gasteiger partial charge in [-0.3, -0.25) is 4.68 Å². The fourth-order valence-corrected chi connectivity index (χ4v) is 3.58. The zero-order valence-corrected chi connectivity index (χ0v) is 16.1. The minimum atomic E-state index is -4.48. The summed E-state index contributed by atoms with van der Waals surface area (Å²) in [4.78, 5) is 6.81. The van der Waals surface area contributed by atoms with E-state index in [1.807, 2.05) is 13.8 Å². The lowest BCUT2D eigenvalue weighted by molar-refractivity contribution is -0.142. The van der Waals surface area contributed by atoms with Gasteiger partial charge in [0.25, 0.3) is 0 Å². The van der Waals surface area contributed by atoms with Crippen molar-refractivity contribution in [2.75, 3.05) is 6.54 Å². The first-order valence-corrected chi connectivity index (χ1v) is 9.20. The Morgan fingerprint density at radius 3 is 2.69 bits per heavy atom. The molecule has 0 saturated carbocycles. The third-order valence-electron chi connectivity index (χ3n) is 3.61. The van der Waals surface area contributed by atoms with Gasteiger partial charge in [-0.05, 0) is 32.9 Å². The van der Waals surface area contributed by atoms with Crippen LogP contribution >= 0.6 is 11.3 Å². The molecule has 0 fully saturated rings.